The van der Waals surface area contributed by atoms with Crippen LogP contribution in [0.1, 0.15) is 5.76 Å². The van der Waals surface area contributed by atoms with Gasteiger partial charge in [-0.15, -0.1) is 0 Å². The second-order valence-corrected chi connectivity index (χ2v) is 4.10. The Morgan fingerprint density at radius 2 is 2.30 bits per heavy atom. The van der Waals surface area contributed by atoms with Crippen LogP contribution in [0.15, 0.2) is 57.1 Å². The van der Waals surface area contributed by atoms with Crippen molar-refractivity contribution in [3.63, 3.8) is 0 Å². The van der Waals surface area contributed by atoms with E-state index in [0.29, 0.717) is 16.7 Å². The van der Waals surface area contributed by atoms with Gasteiger partial charge in [0.1, 0.15) is 11.3 Å². The highest BCUT2D eigenvalue weighted by atomic mass is 16.3. The fourth-order valence-electron chi connectivity index (χ4n) is 1.94. The highest BCUT2D eigenvalue weighted by molar-refractivity contribution is 5.78. The van der Waals surface area contributed by atoms with Crippen molar-refractivity contribution in [1.82, 2.24) is 9.78 Å². The lowest BCUT2D eigenvalue weighted by Crippen LogP contribution is -2.03. The minimum absolute atomic E-state index is 0.00762. The van der Waals surface area contributed by atoms with E-state index in [1.807, 2.05) is 0 Å². The Balaban J connectivity index is 2.16. The predicted octanol–water partition coefficient (Wildman–Crippen LogP) is 2.79. The number of rotatable bonds is 3. The summed E-state index contributed by atoms with van der Waals surface area (Å²) in [4.78, 5) is 14.6. The van der Waals surface area contributed by atoms with Crippen LogP contribution in [0.2, 0.25) is 0 Å². The van der Waals surface area contributed by atoms with E-state index in [0.717, 1.165) is 5.69 Å². The molecule has 3 rings (SSSR count). The molecule has 7 nitrogen and oxygen atoms in total. The second kappa shape index (κ2) is 4.91. The average Bonchev–Trinajstić information content (AvgIpc) is 2.98. The summed E-state index contributed by atoms with van der Waals surface area (Å²) in [5.74, 6) is 0.331. The number of hydrogen-bond donors (Lipinski definition) is 0. The number of azide groups is 1. The van der Waals surface area contributed by atoms with Crippen LogP contribution < -0.4 is 5.43 Å². The molecular formula is C13H9N5O2. The van der Waals surface area contributed by atoms with Crippen molar-refractivity contribution in [1.29, 1.82) is 0 Å². The van der Waals surface area contributed by atoms with Crippen molar-refractivity contribution in [2.75, 3.05) is 0 Å². The molecule has 98 valence electrons. The molecule has 2 heterocycles. The topological polar surface area (TPSA) is 96.8 Å². The maximum atomic E-state index is 11.9. The molecule has 0 spiro atoms. The molecule has 0 aliphatic heterocycles. The molecule has 0 saturated heterocycles. The van der Waals surface area contributed by atoms with Crippen molar-refractivity contribution < 1.29 is 4.42 Å². The first-order valence-electron chi connectivity index (χ1n) is 5.85. The highest BCUT2D eigenvalue weighted by Crippen LogP contribution is 2.17. The van der Waals surface area contributed by atoms with E-state index in [4.69, 9.17) is 9.95 Å². The lowest BCUT2D eigenvalue weighted by Gasteiger charge is -2.04. The third kappa shape index (κ3) is 2.13. The number of nitrogens with zero attached hydrogens (tertiary/aromatic N) is 5. The zero-order valence-electron chi connectivity index (χ0n) is 10.3. The first-order chi connectivity index (χ1) is 9.78. The van der Waals surface area contributed by atoms with E-state index < -0.39 is 0 Å². The van der Waals surface area contributed by atoms with Crippen LogP contribution in [-0.4, -0.2) is 9.78 Å². The quantitative estimate of drug-likeness (QED) is 0.414. The largest absolute Gasteiger partial charge is 0.461 e. The Labute approximate surface area is 112 Å². The van der Waals surface area contributed by atoms with Gasteiger partial charge in [0.2, 0.25) is 0 Å². The molecule has 0 fully saturated rings. The molecule has 0 unspecified atom stereocenters. The van der Waals surface area contributed by atoms with E-state index in [-0.39, 0.29) is 12.0 Å². The lowest BCUT2D eigenvalue weighted by molar-refractivity contribution is 0.538. The van der Waals surface area contributed by atoms with Gasteiger partial charge >= 0.3 is 0 Å². The van der Waals surface area contributed by atoms with Crippen LogP contribution >= 0.6 is 0 Å². The maximum Gasteiger partial charge on any atom is 0.192 e. The van der Waals surface area contributed by atoms with E-state index in [2.05, 4.69) is 15.1 Å². The first-order valence-corrected chi connectivity index (χ1v) is 5.85. The fourth-order valence-corrected chi connectivity index (χ4v) is 1.94. The minimum atomic E-state index is -0.165. The van der Waals surface area contributed by atoms with Crippen LogP contribution in [-0.2, 0) is 6.54 Å². The number of benzene rings is 1. The Kier molecular flexibility index (Phi) is 2.95. The number of hydrogen-bond acceptors (Lipinski definition) is 4. The smallest absolute Gasteiger partial charge is 0.192 e. The molecule has 0 aliphatic rings. The Morgan fingerprint density at radius 3 is 3.05 bits per heavy atom. The van der Waals surface area contributed by atoms with Crippen LogP contribution in [0.25, 0.3) is 27.1 Å². The van der Waals surface area contributed by atoms with Gasteiger partial charge in [-0.3, -0.25) is 4.79 Å². The summed E-state index contributed by atoms with van der Waals surface area (Å²) in [5.41, 5.74) is 9.36. The molecule has 0 aliphatic carbocycles. The van der Waals surface area contributed by atoms with Gasteiger partial charge in [-0.25, -0.2) is 4.68 Å². The van der Waals surface area contributed by atoms with Gasteiger partial charge in [-0.05, 0) is 23.7 Å². The second-order valence-electron chi connectivity index (χ2n) is 4.10. The van der Waals surface area contributed by atoms with Gasteiger partial charge < -0.3 is 4.42 Å². The molecule has 0 saturated carbocycles. The molecule has 0 atom stereocenters. The van der Waals surface area contributed by atoms with Crippen LogP contribution in [0.4, 0.5) is 0 Å². The van der Waals surface area contributed by atoms with Gasteiger partial charge in [-0.2, -0.15) is 5.10 Å². The van der Waals surface area contributed by atoms with Crippen LogP contribution in [0.5, 0.6) is 0 Å². The first kappa shape index (κ1) is 12.0. The van der Waals surface area contributed by atoms with Gasteiger partial charge in [-0.1, -0.05) is 5.11 Å². The molecular weight excluding hydrogens is 258 g/mol. The van der Waals surface area contributed by atoms with Crippen molar-refractivity contribution in [2.24, 2.45) is 5.11 Å². The average molecular weight is 267 g/mol. The Hall–Kier alpha value is -3.05. The van der Waals surface area contributed by atoms with E-state index >= 15 is 0 Å². The van der Waals surface area contributed by atoms with Crippen molar-refractivity contribution in [3.8, 4) is 5.69 Å². The normalized spacial score (nSPS) is 10.4. The molecule has 20 heavy (non-hydrogen) atoms. The number of aromatic nitrogens is 2. The van der Waals surface area contributed by atoms with Crippen molar-refractivity contribution in [2.45, 2.75) is 6.54 Å². The molecule has 3 aromatic rings. The summed E-state index contributed by atoms with van der Waals surface area (Å²) >= 11 is 0. The Bertz CT molecular complexity index is 860. The van der Waals surface area contributed by atoms with Gasteiger partial charge in [0, 0.05) is 29.4 Å². The summed E-state index contributed by atoms with van der Waals surface area (Å²) in [7, 11) is 0. The van der Waals surface area contributed by atoms with E-state index in [9.17, 15) is 4.79 Å². The lowest BCUT2D eigenvalue weighted by atomic mass is 10.2. The predicted molar refractivity (Wildman–Crippen MR) is 72.5 cm³/mol. The van der Waals surface area contributed by atoms with Gasteiger partial charge in [0.05, 0.1) is 17.6 Å². The van der Waals surface area contributed by atoms with Gasteiger partial charge in [0.15, 0.2) is 5.43 Å². The molecule has 0 N–H and O–H groups in total. The SMILES string of the molecule is [N-]=[N+]=NCc1cc(=O)c2ccc(-n3cccn3)cc2o1. The molecule has 0 amide bonds. The van der Waals surface area contributed by atoms with E-state index in [1.165, 1.54) is 6.07 Å². The summed E-state index contributed by atoms with van der Waals surface area (Å²) in [6.07, 6.45) is 3.46. The van der Waals surface area contributed by atoms with Crippen LogP contribution in [0, 0.1) is 0 Å². The summed E-state index contributed by atoms with van der Waals surface area (Å²) in [6, 6.07) is 8.35. The van der Waals surface area contributed by atoms with Crippen molar-refractivity contribution >= 4 is 11.0 Å². The number of fused-ring (bicyclic) bond motifs is 1. The van der Waals surface area contributed by atoms with Gasteiger partial charge in [0.25, 0.3) is 0 Å². The zero-order valence-corrected chi connectivity index (χ0v) is 10.3. The highest BCUT2D eigenvalue weighted by Gasteiger charge is 2.06. The van der Waals surface area contributed by atoms with E-state index in [1.54, 1.807) is 41.3 Å². The molecule has 7 heteroatoms. The molecule has 2 aromatic heterocycles. The van der Waals surface area contributed by atoms with Crippen LogP contribution in [0.3, 0.4) is 0 Å². The zero-order chi connectivity index (χ0) is 13.9. The van der Waals surface area contributed by atoms with Crippen molar-refractivity contribution in [3.05, 3.63) is 69.2 Å². The molecule has 0 radical (unpaired) electrons. The maximum absolute atomic E-state index is 11.9. The molecule has 0 bridgehead atoms. The summed E-state index contributed by atoms with van der Waals surface area (Å²) < 4.78 is 7.24. The Morgan fingerprint density at radius 1 is 1.40 bits per heavy atom. The fraction of sp³-hybridized carbons (Fsp3) is 0.0769. The third-order valence-electron chi connectivity index (χ3n) is 2.82. The minimum Gasteiger partial charge on any atom is -0.461 e. The summed E-state index contributed by atoms with van der Waals surface area (Å²) in [6.45, 7) is 0.00762. The monoisotopic (exact) mass is 267 g/mol. The summed E-state index contributed by atoms with van der Waals surface area (Å²) in [5, 5.41) is 7.99. The standard InChI is InChI=1S/C13H9N5O2/c14-17-15-8-10-7-12(19)11-3-2-9(6-13(11)20-10)18-5-1-4-16-18/h1-7H,8H2. The third-order valence-corrected chi connectivity index (χ3v) is 2.82. The molecule has 1 aromatic carbocycles.